The van der Waals surface area contributed by atoms with Gasteiger partial charge in [-0.25, -0.2) is 4.79 Å². The van der Waals surface area contributed by atoms with Gasteiger partial charge in [0.2, 0.25) is 0 Å². The Morgan fingerprint density at radius 3 is 1.40 bits per heavy atom. The number of benzene rings is 4. The summed E-state index contributed by atoms with van der Waals surface area (Å²) in [4.78, 5) is 13.2. The van der Waals surface area contributed by atoms with Gasteiger partial charge in [0, 0.05) is 10.2 Å². The first-order chi connectivity index (χ1) is 14.7. The van der Waals surface area contributed by atoms with Crippen molar-refractivity contribution in [2.24, 2.45) is 0 Å². The van der Waals surface area contributed by atoms with Gasteiger partial charge in [-0.3, -0.25) is 0 Å². The topological polar surface area (TPSA) is 41.1 Å². The molecule has 0 aliphatic carbocycles. The molecule has 4 aromatic carbocycles. The predicted molar refractivity (Wildman–Crippen MR) is 126 cm³/mol. The minimum atomic E-state index is -0.844. The first-order valence-corrected chi connectivity index (χ1v) is 10.5. The largest absolute Gasteiger partial charge is 0.320 e. The lowest BCUT2D eigenvalue weighted by Gasteiger charge is -2.36. The summed E-state index contributed by atoms with van der Waals surface area (Å²) in [6.07, 6.45) is 0. The molecule has 0 fully saturated rings. The van der Waals surface area contributed by atoms with Crippen molar-refractivity contribution in [1.29, 1.82) is 0 Å². The second-order valence-electron chi connectivity index (χ2n) is 6.93. The van der Waals surface area contributed by atoms with Crippen LogP contribution < -0.4 is 10.6 Å². The second kappa shape index (κ2) is 8.97. The summed E-state index contributed by atoms with van der Waals surface area (Å²) in [5, 5.41) is 6.24. The molecule has 3 nitrogen and oxygen atoms in total. The molecule has 0 bridgehead atoms. The lowest BCUT2D eigenvalue weighted by molar-refractivity contribution is 0.245. The van der Waals surface area contributed by atoms with Crippen molar-refractivity contribution in [3.05, 3.63) is 136 Å². The average molecular weight is 457 g/mol. The molecular weight excluding hydrogens is 436 g/mol. The third-order valence-corrected chi connectivity index (χ3v) is 5.55. The lowest BCUT2D eigenvalue weighted by Crippen LogP contribution is -2.49. The first kappa shape index (κ1) is 19.9. The number of hydrogen-bond donors (Lipinski definition) is 2. The van der Waals surface area contributed by atoms with E-state index in [2.05, 4.69) is 26.6 Å². The molecule has 0 saturated heterocycles. The van der Waals surface area contributed by atoms with Crippen molar-refractivity contribution in [3.8, 4) is 0 Å². The van der Waals surface area contributed by atoms with E-state index in [1.165, 1.54) is 0 Å². The fraction of sp³-hybridized carbons (Fsp3) is 0.0385. The zero-order chi connectivity index (χ0) is 20.8. The molecule has 4 aromatic rings. The number of rotatable bonds is 5. The lowest BCUT2D eigenvalue weighted by atomic mass is 9.77. The molecule has 0 aliphatic rings. The summed E-state index contributed by atoms with van der Waals surface area (Å²) >= 11 is 3.42. The Morgan fingerprint density at radius 2 is 1.00 bits per heavy atom. The van der Waals surface area contributed by atoms with E-state index in [0.717, 1.165) is 26.9 Å². The fourth-order valence-corrected chi connectivity index (χ4v) is 3.91. The van der Waals surface area contributed by atoms with Crippen molar-refractivity contribution in [2.45, 2.75) is 5.54 Å². The highest BCUT2D eigenvalue weighted by Crippen LogP contribution is 2.36. The summed E-state index contributed by atoms with van der Waals surface area (Å²) in [5.74, 6) is 0. The van der Waals surface area contributed by atoms with Crippen LogP contribution in [0.15, 0.2) is 120 Å². The summed E-state index contributed by atoms with van der Waals surface area (Å²) in [7, 11) is 0. The molecule has 30 heavy (non-hydrogen) atoms. The van der Waals surface area contributed by atoms with Crippen LogP contribution >= 0.6 is 15.9 Å². The second-order valence-corrected chi connectivity index (χ2v) is 7.85. The van der Waals surface area contributed by atoms with Crippen molar-refractivity contribution in [2.75, 3.05) is 5.32 Å². The van der Waals surface area contributed by atoms with E-state index in [0.29, 0.717) is 0 Å². The molecule has 0 atom stereocenters. The van der Waals surface area contributed by atoms with E-state index < -0.39 is 5.54 Å². The van der Waals surface area contributed by atoms with E-state index in [1.54, 1.807) is 0 Å². The van der Waals surface area contributed by atoms with Gasteiger partial charge in [0.25, 0.3) is 0 Å². The number of urea groups is 1. The van der Waals surface area contributed by atoms with Gasteiger partial charge < -0.3 is 10.6 Å². The minimum absolute atomic E-state index is 0.283. The van der Waals surface area contributed by atoms with Gasteiger partial charge in [-0.1, -0.05) is 107 Å². The number of nitrogens with one attached hydrogen (secondary N) is 2. The fourth-order valence-electron chi connectivity index (χ4n) is 3.65. The van der Waals surface area contributed by atoms with Gasteiger partial charge in [-0.05, 0) is 41.0 Å². The van der Waals surface area contributed by atoms with Crippen molar-refractivity contribution in [1.82, 2.24) is 5.32 Å². The molecule has 4 heteroatoms. The number of amides is 2. The zero-order valence-electron chi connectivity index (χ0n) is 16.3. The highest BCUT2D eigenvalue weighted by Gasteiger charge is 2.37. The summed E-state index contributed by atoms with van der Waals surface area (Å²) < 4.78 is 0.959. The summed E-state index contributed by atoms with van der Waals surface area (Å²) in [6, 6.07) is 37.4. The van der Waals surface area contributed by atoms with Crippen LogP contribution in [0.2, 0.25) is 0 Å². The van der Waals surface area contributed by atoms with Crippen LogP contribution in [-0.4, -0.2) is 6.03 Å². The molecule has 0 saturated carbocycles. The van der Waals surface area contributed by atoms with E-state index in [9.17, 15) is 4.79 Å². The third kappa shape index (κ3) is 4.14. The molecule has 0 heterocycles. The number of carbonyl (C=O) groups is 1. The van der Waals surface area contributed by atoms with Crippen molar-refractivity contribution in [3.63, 3.8) is 0 Å². The summed E-state index contributed by atoms with van der Waals surface area (Å²) in [6.45, 7) is 0. The van der Waals surface area contributed by atoms with Gasteiger partial charge in [-0.15, -0.1) is 0 Å². The normalized spacial score (nSPS) is 11.0. The number of halogens is 1. The van der Waals surface area contributed by atoms with Gasteiger partial charge in [0.15, 0.2) is 0 Å². The Bertz CT molecular complexity index is 1000. The third-order valence-electron chi connectivity index (χ3n) is 5.02. The minimum Gasteiger partial charge on any atom is -0.320 e. The molecule has 0 aliphatic heterocycles. The Morgan fingerprint density at radius 1 is 0.600 bits per heavy atom. The Balaban J connectivity index is 1.82. The van der Waals surface area contributed by atoms with Crippen LogP contribution in [-0.2, 0) is 5.54 Å². The maximum atomic E-state index is 13.2. The first-order valence-electron chi connectivity index (χ1n) is 9.70. The van der Waals surface area contributed by atoms with Crippen LogP contribution in [0.5, 0.6) is 0 Å². The number of carbonyl (C=O) groups excluding carboxylic acids is 1. The number of anilines is 1. The standard InChI is InChI=1S/C26H21BrN2O/c27-23-16-18-24(19-17-23)28-25(30)29-26(20-10-4-1-5-11-20,21-12-6-2-7-13-21)22-14-8-3-9-15-22/h1-19H,(H2,28,29,30). The predicted octanol–water partition coefficient (Wildman–Crippen LogP) is 6.56. The van der Waals surface area contributed by atoms with E-state index in [1.807, 2.05) is 115 Å². The molecule has 2 amide bonds. The van der Waals surface area contributed by atoms with Gasteiger partial charge in [0.1, 0.15) is 5.54 Å². The SMILES string of the molecule is O=C(Nc1ccc(Br)cc1)NC(c1ccccc1)(c1ccccc1)c1ccccc1. The van der Waals surface area contributed by atoms with Gasteiger partial charge >= 0.3 is 6.03 Å². The smallest absolute Gasteiger partial charge is 0.320 e. The quantitative estimate of drug-likeness (QED) is 0.328. The van der Waals surface area contributed by atoms with Crippen LogP contribution in [0.4, 0.5) is 10.5 Å². The van der Waals surface area contributed by atoms with Crippen molar-refractivity contribution < 1.29 is 4.79 Å². The van der Waals surface area contributed by atoms with Crippen molar-refractivity contribution >= 4 is 27.6 Å². The number of hydrogen-bond acceptors (Lipinski definition) is 1. The molecule has 0 unspecified atom stereocenters. The Labute approximate surface area is 184 Å². The molecule has 0 spiro atoms. The maximum Gasteiger partial charge on any atom is 0.320 e. The monoisotopic (exact) mass is 456 g/mol. The Hall–Kier alpha value is -3.37. The Kier molecular flexibility index (Phi) is 5.96. The van der Waals surface area contributed by atoms with Crippen LogP contribution in [0.25, 0.3) is 0 Å². The molecule has 0 radical (unpaired) electrons. The molecule has 0 aromatic heterocycles. The summed E-state index contributed by atoms with van der Waals surface area (Å²) in [5.41, 5.74) is 2.82. The average Bonchev–Trinajstić information content (AvgIpc) is 2.81. The van der Waals surface area contributed by atoms with E-state index >= 15 is 0 Å². The molecular formula is C26H21BrN2O. The van der Waals surface area contributed by atoms with Crippen LogP contribution in [0.3, 0.4) is 0 Å². The van der Waals surface area contributed by atoms with Crippen LogP contribution in [0.1, 0.15) is 16.7 Å². The van der Waals surface area contributed by atoms with Gasteiger partial charge in [-0.2, -0.15) is 0 Å². The van der Waals surface area contributed by atoms with E-state index in [-0.39, 0.29) is 6.03 Å². The molecule has 4 rings (SSSR count). The van der Waals surface area contributed by atoms with Gasteiger partial charge in [0.05, 0.1) is 0 Å². The highest BCUT2D eigenvalue weighted by molar-refractivity contribution is 9.10. The van der Waals surface area contributed by atoms with E-state index in [4.69, 9.17) is 0 Å². The molecule has 2 N–H and O–H groups in total. The zero-order valence-corrected chi connectivity index (χ0v) is 17.8. The van der Waals surface area contributed by atoms with Crippen LogP contribution in [0, 0.1) is 0 Å². The molecule has 148 valence electrons. The highest BCUT2D eigenvalue weighted by atomic mass is 79.9. The maximum absolute atomic E-state index is 13.2.